The molecule has 0 unspecified atom stereocenters. The predicted molar refractivity (Wildman–Crippen MR) is 119 cm³/mol. The average Bonchev–Trinajstić information content (AvgIpc) is 3.25. The van der Waals surface area contributed by atoms with Crippen LogP contribution in [0.25, 0.3) is 6.08 Å². The fraction of sp³-hybridized carbons (Fsp3) is 0.0476. The first kappa shape index (κ1) is 23.2. The second kappa shape index (κ2) is 10.2. The molecule has 0 aliphatic carbocycles. The smallest absolute Gasteiger partial charge is 0.270 e. The van der Waals surface area contributed by atoms with Crippen molar-refractivity contribution < 1.29 is 23.7 Å². The van der Waals surface area contributed by atoms with Crippen molar-refractivity contribution in [3.8, 4) is 0 Å². The van der Waals surface area contributed by atoms with Crippen LogP contribution in [0, 0.1) is 15.9 Å². The van der Waals surface area contributed by atoms with Crippen LogP contribution in [0.1, 0.15) is 23.0 Å². The molecule has 2 aromatic carbocycles. The molecule has 1 aromatic heterocycles. The van der Waals surface area contributed by atoms with E-state index in [0.29, 0.717) is 5.69 Å². The van der Waals surface area contributed by atoms with Crippen molar-refractivity contribution in [2.45, 2.75) is 6.92 Å². The molecule has 3 rings (SSSR count). The van der Waals surface area contributed by atoms with Gasteiger partial charge in [0, 0.05) is 36.1 Å². The highest BCUT2D eigenvalue weighted by Gasteiger charge is 2.20. The number of para-hydroxylation sites is 1. The number of nitrogens with zero attached hydrogens (tertiary/aromatic N) is 3. The summed E-state index contributed by atoms with van der Waals surface area (Å²) in [6.07, 6.45) is 2.43. The number of anilines is 2. The van der Waals surface area contributed by atoms with Gasteiger partial charge >= 0.3 is 0 Å². The van der Waals surface area contributed by atoms with Crippen LogP contribution >= 0.6 is 11.3 Å². The number of halogens is 1. The Morgan fingerprint density at radius 1 is 1.15 bits per heavy atom. The molecule has 10 nitrogen and oxygen atoms in total. The Labute approximate surface area is 190 Å². The third-order valence-electron chi connectivity index (χ3n) is 4.13. The minimum atomic E-state index is -0.738. The summed E-state index contributed by atoms with van der Waals surface area (Å²) < 4.78 is 14.1. The number of amides is 3. The highest BCUT2D eigenvalue weighted by atomic mass is 32.1. The molecule has 0 radical (unpaired) electrons. The number of benzene rings is 2. The SMILES string of the molecule is CC(=O)N(c1nc(/C=C/C(=O)NNC(=O)c2cccc([N+](=O)[O-])c2)cs1)c1ccccc1F. The first-order chi connectivity index (χ1) is 15.8. The Morgan fingerprint density at radius 3 is 2.61 bits per heavy atom. The summed E-state index contributed by atoms with van der Waals surface area (Å²) >= 11 is 1.08. The van der Waals surface area contributed by atoms with E-state index in [1.54, 1.807) is 11.4 Å². The van der Waals surface area contributed by atoms with Gasteiger partial charge in [0.05, 0.1) is 16.3 Å². The van der Waals surface area contributed by atoms with E-state index in [0.717, 1.165) is 28.4 Å². The van der Waals surface area contributed by atoms with Crippen LogP contribution in [0.2, 0.25) is 0 Å². The van der Waals surface area contributed by atoms with Crippen LogP contribution in [0.5, 0.6) is 0 Å². The van der Waals surface area contributed by atoms with Crippen molar-refractivity contribution in [1.29, 1.82) is 0 Å². The number of hydrogen-bond acceptors (Lipinski definition) is 7. The molecular formula is C21H16FN5O5S. The van der Waals surface area contributed by atoms with Crippen molar-refractivity contribution in [1.82, 2.24) is 15.8 Å². The largest absolute Gasteiger partial charge is 0.274 e. The molecule has 1 heterocycles. The van der Waals surface area contributed by atoms with Gasteiger partial charge in [-0.3, -0.25) is 40.2 Å². The van der Waals surface area contributed by atoms with Crippen LogP contribution in [0.15, 0.2) is 60.0 Å². The van der Waals surface area contributed by atoms with Crippen molar-refractivity contribution >= 4 is 51.6 Å². The van der Waals surface area contributed by atoms with E-state index >= 15 is 0 Å². The summed E-state index contributed by atoms with van der Waals surface area (Å²) in [5.41, 5.74) is 4.41. The van der Waals surface area contributed by atoms with Crippen LogP contribution in [0.3, 0.4) is 0 Å². The lowest BCUT2D eigenvalue weighted by Crippen LogP contribution is -2.40. The topological polar surface area (TPSA) is 135 Å². The molecule has 0 atom stereocenters. The normalized spacial score (nSPS) is 10.6. The number of thiazole rings is 1. The summed E-state index contributed by atoms with van der Waals surface area (Å²) in [6, 6.07) is 10.8. The maximum absolute atomic E-state index is 14.1. The Kier molecular flexibility index (Phi) is 7.20. The molecule has 0 fully saturated rings. The summed E-state index contributed by atoms with van der Waals surface area (Å²) in [5.74, 6) is -2.45. The molecule has 168 valence electrons. The summed E-state index contributed by atoms with van der Waals surface area (Å²) in [5, 5.41) is 12.6. The molecular weight excluding hydrogens is 453 g/mol. The van der Waals surface area contributed by atoms with Gasteiger partial charge in [-0.25, -0.2) is 9.37 Å². The summed E-state index contributed by atoms with van der Waals surface area (Å²) in [7, 11) is 0. The standard InChI is InChI=1S/C21H16FN5O5S/c1-13(28)26(18-8-3-2-7-17(18)22)21-23-15(12-33-21)9-10-19(29)24-25-20(30)14-5-4-6-16(11-14)27(31)32/h2-12H,1H3,(H,24,29)(H,25,30)/b10-9+. The van der Waals surface area contributed by atoms with Gasteiger partial charge in [-0.1, -0.05) is 18.2 Å². The van der Waals surface area contributed by atoms with E-state index in [2.05, 4.69) is 15.8 Å². The van der Waals surface area contributed by atoms with Crippen LogP contribution in [0.4, 0.5) is 20.9 Å². The lowest BCUT2D eigenvalue weighted by atomic mass is 10.2. The maximum atomic E-state index is 14.1. The minimum Gasteiger partial charge on any atom is -0.274 e. The Hall–Kier alpha value is -4.45. The van der Waals surface area contributed by atoms with Gasteiger partial charge in [-0.2, -0.15) is 0 Å². The number of hydrogen-bond donors (Lipinski definition) is 2. The summed E-state index contributed by atoms with van der Waals surface area (Å²) in [4.78, 5) is 51.6. The molecule has 0 spiro atoms. The molecule has 0 bridgehead atoms. The van der Waals surface area contributed by atoms with Crippen molar-refractivity contribution in [3.63, 3.8) is 0 Å². The third-order valence-corrected chi connectivity index (χ3v) is 4.98. The number of rotatable bonds is 6. The summed E-state index contributed by atoms with van der Waals surface area (Å²) in [6.45, 7) is 1.28. The molecule has 33 heavy (non-hydrogen) atoms. The van der Waals surface area contributed by atoms with E-state index in [9.17, 15) is 28.9 Å². The Bertz CT molecular complexity index is 1260. The van der Waals surface area contributed by atoms with E-state index in [4.69, 9.17) is 0 Å². The van der Waals surface area contributed by atoms with E-state index in [1.165, 1.54) is 49.4 Å². The van der Waals surface area contributed by atoms with E-state index in [1.807, 2.05) is 0 Å². The van der Waals surface area contributed by atoms with Crippen molar-refractivity contribution in [2.24, 2.45) is 0 Å². The zero-order valence-corrected chi connectivity index (χ0v) is 17.8. The van der Waals surface area contributed by atoms with Gasteiger partial charge in [-0.05, 0) is 24.3 Å². The van der Waals surface area contributed by atoms with Crippen LogP contribution in [-0.2, 0) is 9.59 Å². The monoisotopic (exact) mass is 469 g/mol. The van der Waals surface area contributed by atoms with Crippen LogP contribution < -0.4 is 15.8 Å². The number of aromatic nitrogens is 1. The number of carbonyl (C=O) groups is 3. The van der Waals surface area contributed by atoms with Gasteiger partial charge in [0.2, 0.25) is 5.91 Å². The molecule has 0 aliphatic rings. The quantitative estimate of drug-likeness (QED) is 0.323. The Balaban J connectivity index is 1.63. The number of nitrogens with one attached hydrogen (secondary N) is 2. The van der Waals surface area contributed by atoms with Gasteiger partial charge in [0.15, 0.2) is 5.13 Å². The van der Waals surface area contributed by atoms with E-state index < -0.39 is 28.5 Å². The van der Waals surface area contributed by atoms with E-state index in [-0.39, 0.29) is 22.1 Å². The minimum absolute atomic E-state index is 0.00455. The molecule has 12 heteroatoms. The first-order valence-corrected chi connectivity index (χ1v) is 10.2. The molecule has 3 amide bonds. The second-order valence-corrected chi connectivity index (χ2v) is 7.28. The van der Waals surface area contributed by atoms with Gasteiger partial charge in [0.25, 0.3) is 17.5 Å². The molecule has 0 aliphatic heterocycles. The van der Waals surface area contributed by atoms with Crippen molar-refractivity contribution in [3.05, 3.63) is 87.2 Å². The molecule has 2 N–H and O–H groups in total. The average molecular weight is 469 g/mol. The molecule has 0 saturated heterocycles. The lowest BCUT2D eigenvalue weighted by Gasteiger charge is -2.18. The van der Waals surface area contributed by atoms with Crippen molar-refractivity contribution in [2.75, 3.05) is 4.90 Å². The molecule has 0 saturated carbocycles. The predicted octanol–water partition coefficient (Wildman–Crippen LogP) is 3.35. The Morgan fingerprint density at radius 2 is 1.91 bits per heavy atom. The van der Waals surface area contributed by atoms with Crippen LogP contribution in [-0.4, -0.2) is 27.6 Å². The van der Waals surface area contributed by atoms with Gasteiger partial charge in [-0.15, -0.1) is 11.3 Å². The maximum Gasteiger partial charge on any atom is 0.270 e. The third kappa shape index (κ3) is 5.83. The molecule has 3 aromatic rings. The van der Waals surface area contributed by atoms with Gasteiger partial charge < -0.3 is 0 Å². The number of non-ortho nitro benzene ring substituents is 1. The van der Waals surface area contributed by atoms with Gasteiger partial charge in [0.1, 0.15) is 5.82 Å². The highest BCUT2D eigenvalue weighted by Crippen LogP contribution is 2.30. The second-order valence-electron chi connectivity index (χ2n) is 6.44. The zero-order chi connectivity index (χ0) is 24.0. The number of carbonyl (C=O) groups excluding carboxylic acids is 3. The first-order valence-electron chi connectivity index (χ1n) is 9.30. The number of hydrazine groups is 1. The lowest BCUT2D eigenvalue weighted by molar-refractivity contribution is -0.384. The number of nitro groups is 1. The number of nitro benzene ring substituents is 1. The fourth-order valence-electron chi connectivity index (χ4n) is 2.65. The highest BCUT2D eigenvalue weighted by molar-refractivity contribution is 7.14. The fourth-order valence-corrected chi connectivity index (χ4v) is 3.50. The zero-order valence-electron chi connectivity index (χ0n) is 17.0.